The molecular formula is C15H22ClNO4. The molecule has 5 nitrogen and oxygen atoms in total. The van der Waals surface area contributed by atoms with E-state index < -0.39 is 6.10 Å². The lowest BCUT2D eigenvalue weighted by atomic mass is 10.2. The van der Waals surface area contributed by atoms with E-state index in [0.29, 0.717) is 42.3 Å². The summed E-state index contributed by atoms with van der Waals surface area (Å²) in [5.41, 5.74) is 0. The number of para-hydroxylation sites is 1. The fourth-order valence-corrected chi connectivity index (χ4v) is 2.18. The van der Waals surface area contributed by atoms with Gasteiger partial charge in [0.2, 0.25) is 0 Å². The van der Waals surface area contributed by atoms with Crippen LogP contribution in [0.3, 0.4) is 0 Å². The molecular weight excluding hydrogens is 294 g/mol. The quantitative estimate of drug-likeness (QED) is 0.804. The minimum absolute atomic E-state index is 0.193. The van der Waals surface area contributed by atoms with Gasteiger partial charge in [-0.15, -0.1) is 0 Å². The van der Waals surface area contributed by atoms with Gasteiger partial charge in [-0.3, -0.25) is 0 Å². The second-order valence-electron chi connectivity index (χ2n) is 5.37. The smallest absolute Gasteiger partial charge is 0.179 e. The van der Waals surface area contributed by atoms with Gasteiger partial charge in [-0.25, -0.2) is 0 Å². The molecule has 1 aliphatic heterocycles. The Hall–Kier alpha value is -1.01. The molecule has 118 valence electrons. The molecule has 0 bridgehead atoms. The standard InChI is InChI=1S/C15H22ClNO4/c1-10(2)17-6-11(18)7-19-8-12-9-20-15-13(16)4-3-5-14(15)21-12/h3-5,10-12,17-18H,6-9H2,1-2H3. The Balaban J connectivity index is 1.71. The van der Waals surface area contributed by atoms with Crippen LogP contribution in [0.2, 0.25) is 5.02 Å². The lowest BCUT2D eigenvalue weighted by Crippen LogP contribution is -2.37. The molecule has 0 aromatic heterocycles. The van der Waals surface area contributed by atoms with Gasteiger partial charge in [0.15, 0.2) is 17.6 Å². The van der Waals surface area contributed by atoms with Gasteiger partial charge in [-0.2, -0.15) is 0 Å². The highest BCUT2D eigenvalue weighted by atomic mass is 35.5. The normalized spacial score (nSPS) is 18.8. The third kappa shape index (κ3) is 5.04. The number of aliphatic hydroxyl groups is 1. The highest BCUT2D eigenvalue weighted by molar-refractivity contribution is 6.32. The van der Waals surface area contributed by atoms with Crippen molar-refractivity contribution in [3.63, 3.8) is 0 Å². The monoisotopic (exact) mass is 315 g/mol. The largest absolute Gasteiger partial charge is 0.484 e. The number of halogens is 1. The summed E-state index contributed by atoms with van der Waals surface area (Å²) in [5, 5.41) is 13.4. The third-order valence-corrected chi connectivity index (χ3v) is 3.31. The average Bonchev–Trinajstić information content (AvgIpc) is 2.45. The summed E-state index contributed by atoms with van der Waals surface area (Å²) in [4.78, 5) is 0. The SMILES string of the molecule is CC(C)NCC(O)COCC1COc2c(Cl)cccc2O1. The van der Waals surface area contributed by atoms with Gasteiger partial charge in [0.1, 0.15) is 6.61 Å². The van der Waals surface area contributed by atoms with E-state index in [9.17, 15) is 5.11 Å². The van der Waals surface area contributed by atoms with Crippen molar-refractivity contribution in [1.29, 1.82) is 0 Å². The highest BCUT2D eigenvalue weighted by Crippen LogP contribution is 2.37. The number of ether oxygens (including phenoxy) is 3. The molecule has 0 radical (unpaired) electrons. The van der Waals surface area contributed by atoms with Crippen LogP contribution in [-0.2, 0) is 4.74 Å². The van der Waals surface area contributed by atoms with Gasteiger partial charge in [0.05, 0.1) is 24.3 Å². The summed E-state index contributed by atoms with van der Waals surface area (Å²) in [7, 11) is 0. The predicted octanol–water partition coefficient (Wildman–Crippen LogP) is 1.86. The van der Waals surface area contributed by atoms with Gasteiger partial charge in [0, 0.05) is 12.6 Å². The molecule has 6 heteroatoms. The molecule has 0 spiro atoms. The maximum Gasteiger partial charge on any atom is 0.179 e. The summed E-state index contributed by atoms with van der Waals surface area (Å²) in [5.74, 6) is 1.21. The van der Waals surface area contributed by atoms with Crippen LogP contribution in [0.5, 0.6) is 11.5 Å². The number of fused-ring (bicyclic) bond motifs is 1. The molecule has 0 amide bonds. The molecule has 0 saturated carbocycles. The number of hydrogen-bond donors (Lipinski definition) is 2. The van der Waals surface area contributed by atoms with Crippen molar-refractivity contribution in [1.82, 2.24) is 5.32 Å². The Labute approximate surface area is 130 Å². The minimum Gasteiger partial charge on any atom is -0.484 e. The van der Waals surface area contributed by atoms with Crippen molar-refractivity contribution >= 4 is 11.6 Å². The number of hydrogen-bond acceptors (Lipinski definition) is 5. The number of rotatable bonds is 7. The van der Waals surface area contributed by atoms with E-state index in [-0.39, 0.29) is 12.7 Å². The van der Waals surface area contributed by atoms with E-state index in [4.69, 9.17) is 25.8 Å². The first-order valence-corrected chi connectivity index (χ1v) is 7.51. The molecule has 1 aliphatic rings. The van der Waals surface area contributed by atoms with Crippen LogP contribution in [0.15, 0.2) is 18.2 Å². The van der Waals surface area contributed by atoms with E-state index in [0.717, 1.165) is 0 Å². The van der Waals surface area contributed by atoms with E-state index in [1.165, 1.54) is 0 Å². The number of benzene rings is 1. The lowest BCUT2D eigenvalue weighted by Gasteiger charge is -2.27. The predicted molar refractivity (Wildman–Crippen MR) is 81.3 cm³/mol. The summed E-state index contributed by atoms with van der Waals surface area (Å²) in [6, 6.07) is 5.73. The fourth-order valence-electron chi connectivity index (χ4n) is 1.96. The summed E-state index contributed by atoms with van der Waals surface area (Å²) in [6.07, 6.45) is -0.722. The zero-order valence-corrected chi connectivity index (χ0v) is 13.1. The van der Waals surface area contributed by atoms with Gasteiger partial charge in [0.25, 0.3) is 0 Å². The molecule has 1 aromatic rings. The molecule has 1 heterocycles. The van der Waals surface area contributed by atoms with Gasteiger partial charge >= 0.3 is 0 Å². The Bertz CT molecular complexity index is 455. The zero-order chi connectivity index (χ0) is 15.2. The van der Waals surface area contributed by atoms with Crippen molar-refractivity contribution < 1.29 is 19.3 Å². The fraction of sp³-hybridized carbons (Fsp3) is 0.600. The van der Waals surface area contributed by atoms with E-state index in [2.05, 4.69) is 5.32 Å². The molecule has 0 aliphatic carbocycles. The van der Waals surface area contributed by atoms with E-state index in [1.807, 2.05) is 26.0 Å². The Morgan fingerprint density at radius 2 is 2.29 bits per heavy atom. The lowest BCUT2D eigenvalue weighted by molar-refractivity contribution is -0.0214. The van der Waals surface area contributed by atoms with Crippen LogP contribution in [0, 0.1) is 0 Å². The summed E-state index contributed by atoms with van der Waals surface area (Å²) >= 11 is 6.02. The maximum absolute atomic E-state index is 9.74. The minimum atomic E-state index is -0.529. The highest BCUT2D eigenvalue weighted by Gasteiger charge is 2.23. The molecule has 1 aromatic carbocycles. The molecule has 2 rings (SSSR count). The maximum atomic E-state index is 9.74. The van der Waals surface area contributed by atoms with Gasteiger partial charge in [-0.1, -0.05) is 31.5 Å². The zero-order valence-electron chi connectivity index (χ0n) is 12.3. The van der Waals surface area contributed by atoms with Crippen LogP contribution in [-0.4, -0.2) is 49.7 Å². The van der Waals surface area contributed by atoms with Crippen LogP contribution in [0.4, 0.5) is 0 Å². The Morgan fingerprint density at radius 1 is 1.48 bits per heavy atom. The second kappa shape index (κ2) is 7.84. The van der Waals surface area contributed by atoms with E-state index in [1.54, 1.807) is 6.07 Å². The van der Waals surface area contributed by atoms with Crippen LogP contribution < -0.4 is 14.8 Å². The topological polar surface area (TPSA) is 60.0 Å². The Kier molecular flexibility index (Phi) is 6.11. The van der Waals surface area contributed by atoms with Gasteiger partial charge in [-0.05, 0) is 12.1 Å². The summed E-state index contributed by atoms with van der Waals surface area (Å²) < 4.78 is 16.8. The van der Waals surface area contributed by atoms with Crippen LogP contribution >= 0.6 is 11.6 Å². The van der Waals surface area contributed by atoms with Crippen molar-refractivity contribution in [3.05, 3.63) is 23.2 Å². The first-order chi connectivity index (χ1) is 10.1. The molecule has 2 atom stereocenters. The number of nitrogens with one attached hydrogen (secondary N) is 1. The number of aliphatic hydroxyl groups excluding tert-OH is 1. The first kappa shape index (κ1) is 16.4. The van der Waals surface area contributed by atoms with Crippen molar-refractivity contribution in [2.24, 2.45) is 0 Å². The molecule has 0 fully saturated rings. The van der Waals surface area contributed by atoms with Crippen molar-refractivity contribution in [3.8, 4) is 11.5 Å². The van der Waals surface area contributed by atoms with Crippen LogP contribution in [0.1, 0.15) is 13.8 Å². The Morgan fingerprint density at radius 3 is 3.05 bits per heavy atom. The third-order valence-electron chi connectivity index (χ3n) is 3.01. The molecule has 0 saturated heterocycles. The van der Waals surface area contributed by atoms with Crippen LogP contribution in [0.25, 0.3) is 0 Å². The first-order valence-electron chi connectivity index (χ1n) is 7.13. The molecule has 2 N–H and O–H groups in total. The summed E-state index contributed by atoms with van der Waals surface area (Å²) in [6.45, 7) is 5.59. The molecule has 2 unspecified atom stereocenters. The van der Waals surface area contributed by atoms with Gasteiger partial charge < -0.3 is 24.6 Å². The molecule has 21 heavy (non-hydrogen) atoms. The van der Waals surface area contributed by atoms with Crippen molar-refractivity contribution in [2.75, 3.05) is 26.4 Å². The van der Waals surface area contributed by atoms with E-state index >= 15 is 0 Å². The van der Waals surface area contributed by atoms with Crippen molar-refractivity contribution in [2.45, 2.75) is 32.1 Å². The average molecular weight is 316 g/mol. The second-order valence-corrected chi connectivity index (χ2v) is 5.78.